The standard InChI is InChI=1S/C13H28N2O2/c1-14-11-13(5-9-17-10-6-13)12-15(2)7-4-8-16-3/h14H,4-12H2,1-3H3. The Hall–Kier alpha value is -0.160. The summed E-state index contributed by atoms with van der Waals surface area (Å²) in [4.78, 5) is 2.43. The number of nitrogens with one attached hydrogen (secondary N) is 1. The minimum Gasteiger partial charge on any atom is -0.385 e. The van der Waals surface area contributed by atoms with Crippen LogP contribution in [0.15, 0.2) is 0 Å². The van der Waals surface area contributed by atoms with Crippen LogP contribution in [0.2, 0.25) is 0 Å². The predicted molar refractivity (Wildman–Crippen MR) is 70.4 cm³/mol. The van der Waals surface area contributed by atoms with Crippen LogP contribution in [0, 0.1) is 5.41 Å². The highest BCUT2D eigenvalue weighted by Gasteiger charge is 2.32. The van der Waals surface area contributed by atoms with E-state index in [0.717, 1.165) is 45.9 Å². The molecule has 1 N–H and O–H groups in total. The van der Waals surface area contributed by atoms with Gasteiger partial charge in [0.1, 0.15) is 0 Å². The number of nitrogens with zero attached hydrogens (tertiary/aromatic N) is 1. The average molecular weight is 244 g/mol. The van der Waals surface area contributed by atoms with Crippen molar-refractivity contribution in [2.24, 2.45) is 5.41 Å². The monoisotopic (exact) mass is 244 g/mol. The summed E-state index contributed by atoms with van der Waals surface area (Å²) >= 11 is 0. The fourth-order valence-electron chi connectivity index (χ4n) is 2.70. The lowest BCUT2D eigenvalue weighted by atomic mass is 9.79. The van der Waals surface area contributed by atoms with Crippen LogP contribution in [-0.4, -0.2) is 65.6 Å². The summed E-state index contributed by atoms with van der Waals surface area (Å²) in [5.41, 5.74) is 0.398. The Bertz CT molecular complexity index is 188. The van der Waals surface area contributed by atoms with Crippen LogP contribution < -0.4 is 5.32 Å². The van der Waals surface area contributed by atoms with Crippen LogP contribution in [0.5, 0.6) is 0 Å². The summed E-state index contributed by atoms with van der Waals surface area (Å²) in [6.45, 7) is 6.03. The molecule has 0 aromatic carbocycles. The summed E-state index contributed by atoms with van der Waals surface area (Å²) in [6, 6.07) is 0. The van der Waals surface area contributed by atoms with Gasteiger partial charge in [-0.05, 0) is 38.8 Å². The normalized spacial score (nSPS) is 19.8. The van der Waals surface area contributed by atoms with Gasteiger partial charge in [0.2, 0.25) is 0 Å². The molecule has 0 unspecified atom stereocenters. The molecule has 0 saturated carbocycles. The Kier molecular flexibility index (Phi) is 7.04. The zero-order valence-corrected chi connectivity index (χ0v) is 11.6. The van der Waals surface area contributed by atoms with Crippen molar-refractivity contribution in [3.8, 4) is 0 Å². The van der Waals surface area contributed by atoms with Crippen molar-refractivity contribution in [2.75, 3.05) is 60.7 Å². The molecule has 0 aromatic rings. The van der Waals surface area contributed by atoms with E-state index < -0.39 is 0 Å². The lowest BCUT2D eigenvalue weighted by Gasteiger charge is -2.40. The van der Waals surface area contributed by atoms with Gasteiger partial charge in [-0.3, -0.25) is 0 Å². The smallest absolute Gasteiger partial charge is 0.0474 e. The first-order valence-corrected chi connectivity index (χ1v) is 6.62. The van der Waals surface area contributed by atoms with Crippen molar-refractivity contribution in [2.45, 2.75) is 19.3 Å². The summed E-state index contributed by atoms with van der Waals surface area (Å²) in [7, 11) is 6.02. The topological polar surface area (TPSA) is 33.7 Å². The molecule has 1 rings (SSSR count). The molecule has 1 heterocycles. The zero-order valence-electron chi connectivity index (χ0n) is 11.6. The number of hydrogen-bond donors (Lipinski definition) is 1. The number of hydrogen-bond acceptors (Lipinski definition) is 4. The van der Waals surface area contributed by atoms with Crippen LogP contribution in [0.1, 0.15) is 19.3 Å². The second-order valence-electron chi connectivity index (χ2n) is 5.23. The third kappa shape index (κ3) is 5.34. The molecule has 0 aliphatic carbocycles. The Labute approximate surface area is 106 Å². The van der Waals surface area contributed by atoms with E-state index in [-0.39, 0.29) is 0 Å². The Balaban J connectivity index is 2.36. The van der Waals surface area contributed by atoms with Crippen LogP contribution in [0.25, 0.3) is 0 Å². The number of ether oxygens (including phenoxy) is 2. The number of rotatable bonds is 8. The molecule has 4 nitrogen and oxygen atoms in total. The maximum Gasteiger partial charge on any atom is 0.0474 e. The maximum absolute atomic E-state index is 5.48. The average Bonchev–Trinajstić information content (AvgIpc) is 2.30. The lowest BCUT2D eigenvalue weighted by Crippen LogP contribution is -2.46. The van der Waals surface area contributed by atoms with Crippen LogP contribution >= 0.6 is 0 Å². The van der Waals surface area contributed by atoms with Crippen LogP contribution in [0.3, 0.4) is 0 Å². The van der Waals surface area contributed by atoms with E-state index in [9.17, 15) is 0 Å². The lowest BCUT2D eigenvalue weighted by molar-refractivity contribution is -0.000490. The molecule has 1 fully saturated rings. The third-order valence-corrected chi connectivity index (χ3v) is 3.60. The van der Waals surface area contributed by atoms with Crippen molar-refractivity contribution in [3.63, 3.8) is 0 Å². The van der Waals surface area contributed by atoms with Crippen molar-refractivity contribution >= 4 is 0 Å². The maximum atomic E-state index is 5.48. The molecule has 0 spiro atoms. The van der Waals surface area contributed by atoms with Gasteiger partial charge in [-0.1, -0.05) is 0 Å². The van der Waals surface area contributed by atoms with Gasteiger partial charge in [0.15, 0.2) is 0 Å². The second-order valence-corrected chi connectivity index (χ2v) is 5.23. The first kappa shape index (κ1) is 14.9. The van der Waals surface area contributed by atoms with E-state index in [4.69, 9.17) is 9.47 Å². The highest BCUT2D eigenvalue weighted by atomic mass is 16.5. The van der Waals surface area contributed by atoms with Crippen molar-refractivity contribution in [1.29, 1.82) is 0 Å². The first-order chi connectivity index (χ1) is 8.22. The molecule has 1 aliphatic heterocycles. The SMILES string of the molecule is CNCC1(CN(C)CCCOC)CCOCC1. The summed E-state index contributed by atoms with van der Waals surface area (Å²) in [6.07, 6.45) is 3.45. The summed E-state index contributed by atoms with van der Waals surface area (Å²) in [5.74, 6) is 0. The molecule has 0 radical (unpaired) electrons. The Morgan fingerprint density at radius 3 is 2.65 bits per heavy atom. The van der Waals surface area contributed by atoms with Gasteiger partial charge in [-0.15, -0.1) is 0 Å². The molecule has 0 amide bonds. The fourth-order valence-corrected chi connectivity index (χ4v) is 2.70. The van der Waals surface area contributed by atoms with E-state index >= 15 is 0 Å². The van der Waals surface area contributed by atoms with E-state index in [1.807, 2.05) is 7.05 Å². The predicted octanol–water partition coefficient (Wildman–Crippen LogP) is 0.971. The van der Waals surface area contributed by atoms with Gasteiger partial charge in [0, 0.05) is 46.6 Å². The van der Waals surface area contributed by atoms with E-state index in [0.29, 0.717) is 5.41 Å². The van der Waals surface area contributed by atoms with Gasteiger partial charge in [0.05, 0.1) is 0 Å². The fraction of sp³-hybridized carbons (Fsp3) is 1.00. The molecule has 0 bridgehead atoms. The van der Waals surface area contributed by atoms with Gasteiger partial charge in [0.25, 0.3) is 0 Å². The van der Waals surface area contributed by atoms with E-state index in [1.54, 1.807) is 7.11 Å². The molecule has 1 aliphatic rings. The third-order valence-electron chi connectivity index (χ3n) is 3.60. The minimum absolute atomic E-state index is 0.398. The van der Waals surface area contributed by atoms with Crippen LogP contribution in [-0.2, 0) is 9.47 Å². The summed E-state index contributed by atoms with van der Waals surface area (Å²) < 4.78 is 10.6. The minimum atomic E-state index is 0.398. The highest BCUT2D eigenvalue weighted by molar-refractivity contribution is 4.86. The van der Waals surface area contributed by atoms with Crippen molar-refractivity contribution < 1.29 is 9.47 Å². The zero-order chi connectivity index (χ0) is 12.6. The molecular formula is C13H28N2O2. The molecular weight excluding hydrogens is 216 g/mol. The van der Waals surface area contributed by atoms with Gasteiger partial charge >= 0.3 is 0 Å². The first-order valence-electron chi connectivity index (χ1n) is 6.62. The number of methoxy groups -OCH3 is 1. The van der Waals surface area contributed by atoms with Gasteiger partial charge in [-0.25, -0.2) is 0 Å². The summed E-state index contributed by atoms with van der Waals surface area (Å²) in [5, 5.41) is 3.34. The molecule has 4 heteroatoms. The van der Waals surface area contributed by atoms with Gasteiger partial charge in [-0.2, -0.15) is 0 Å². The molecule has 17 heavy (non-hydrogen) atoms. The van der Waals surface area contributed by atoms with E-state index in [1.165, 1.54) is 12.8 Å². The molecule has 0 aromatic heterocycles. The van der Waals surface area contributed by atoms with E-state index in [2.05, 4.69) is 17.3 Å². The highest BCUT2D eigenvalue weighted by Crippen LogP contribution is 2.30. The van der Waals surface area contributed by atoms with Crippen molar-refractivity contribution in [3.05, 3.63) is 0 Å². The molecule has 102 valence electrons. The second kappa shape index (κ2) is 8.03. The van der Waals surface area contributed by atoms with Crippen molar-refractivity contribution in [1.82, 2.24) is 10.2 Å². The Morgan fingerprint density at radius 2 is 2.06 bits per heavy atom. The molecule has 0 atom stereocenters. The van der Waals surface area contributed by atoms with Gasteiger partial charge < -0.3 is 19.7 Å². The quantitative estimate of drug-likeness (QED) is 0.645. The Morgan fingerprint density at radius 1 is 1.35 bits per heavy atom. The largest absolute Gasteiger partial charge is 0.385 e. The van der Waals surface area contributed by atoms with Crippen LogP contribution in [0.4, 0.5) is 0 Å². The molecule has 1 saturated heterocycles.